The lowest BCUT2D eigenvalue weighted by atomic mass is 10.2. The Morgan fingerprint density at radius 3 is 2.76 bits per heavy atom. The second kappa shape index (κ2) is 7.38. The van der Waals surface area contributed by atoms with Gasteiger partial charge in [0, 0.05) is 17.1 Å². The normalized spacial score (nSPS) is 18.8. The molecule has 0 bridgehead atoms. The van der Waals surface area contributed by atoms with Gasteiger partial charge in [-0.25, -0.2) is 4.79 Å². The minimum Gasteiger partial charge on any atom is -0.467 e. The van der Waals surface area contributed by atoms with Crippen LogP contribution in [0.4, 0.5) is 0 Å². The molecule has 5 nitrogen and oxygen atoms in total. The number of morpholine rings is 1. The number of ether oxygens (including phenoxy) is 2. The molecule has 1 aliphatic rings. The molecule has 1 saturated heterocycles. The molecule has 1 amide bonds. The molecule has 0 saturated carbocycles. The van der Waals surface area contributed by atoms with Crippen molar-refractivity contribution in [1.29, 1.82) is 0 Å². The smallest absolute Gasteiger partial charge is 0.336 e. The fourth-order valence-corrected chi connectivity index (χ4v) is 2.23. The molecular formula is C15H16BrNO4. The van der Waals surface area contributed by atoms with Crippen LogP contribution < -0.4 is 0 Å². The van der Waals surface area contributed by atoms with E-state index >= 15 is 0 Å². The molecule has 112 valence electrons. The molecule has 0 N–H and O–H groups in total. The number of hydrogen-bond donors (Lipinski definition) is 0. The number of nitrogens with zero attached hydrogens (tertiary/aromatic N) is 1. The lowest BCUT2D eigenvalue weighted by molar-refractivity contribution is -0.161. The summed E-state index contributed by atoms with van der Waals surface area (Å²) in [4.78, 5) is 25.1. The van der Waals surface area contributed by atoms with E-state index < -0.39 is 12.1 Å². The number of carbonyl (C=O) groups excluding carboxylic acids is 2. The zero-order valence-electron chi connectivity index (χ0n) is 11.6. The van der Waals surface area contributed by atoms with Crippen LogP contribution in [0.5, 0.6) is 0 Å². The van der Waals surface area contributed by atoms with Crippen LogP contribution in [-0.4, -0.2) is 49.7 Å². The Labute approximate surface area is 131 Å². The van der Waals surface area contributed by atoms with Crippen molar-refractivity contribution in [2.24, 2.45) is 0 Å². The standard InChI is InChI=1S/C15H16BrNO4/c1-20-15(19)13-10-17(8-9-21-13)14(18)7-4-11-2-5-12(16)6-3-11/h2-7,13H,8-10H2,1H3/b7-4+. The van der Waals surface area contributed by atoms with E-state index in [1.165, 1.54) is 13.2 Å². The third-order valence-electron chi connectivity index (χ3n) is 3.13. The van der Waals surface area contributed by atoms with Crippen LogP contribution in [0.25, 0.3) is 6.08 Å². The third-order valence-corrected chi connectivity index (χ3v) is 3.66. The van der Waals surface area contributed by atoms with E-state index in [0.29, 0.717) is 13.2 Å². The van der Waals surface area contributed by atoms with Crippen molar-refractivity contribution in [2.75, 3.05) is 26.8 Å². The second-order valence-electron chi connectivity index (χ2n) is 4.55. The van der Waals surface area contributed by atoms with E-state index in [2.05, 4.69) is 20.7 Å². The number of rotatable bonds is 3. The molecule has 1 aliphatic heterocycles. The second-order valence-corrected chi connectivity index (χ2v) is 5.47. The molecule has 1 aromatic carbocycles. The molecule has 0 aromatic heterocycles. The lowest BCUT2D eigenvalue weighted by Crippen LogP contribution is -2.48. The van der Waals surface area contributed by atoms with Crippen LogP contribution in [0.15, 0.2) is 34.8 Å². The van der Waals surface area contributed by atoms with E-state index in [9.17, 15) is 9.59 Å². The van der Waals surface area contributed by atoms with Crippen LogP contribution in [0.2, 0.25) is 0 Å². The van der Waals surface area contributed by atoms with Crippen LogP contribution in [0.1, 0.15) is 5.56 Å². The van der Waals surface area contributed by atoms with Crippen molar-refractivity contribution in [3.63, 3.8) is 0 Å². The van der Waals surface area contributed by atoms with Crippen LogP contribution in [0.3, 0.4) is 0 Å². The van der Waals surface area contributed by atoms with Gasteiger partial charge in [0.1, 0.15) is 0 Å². The zero-order chi connectivity index (χ0) is 15.2. The first-order chi connectivity index (χ1) is 10.1. The van der Waals surface area contributed by atoms with Gasteiger partial charge in [-0.3, -0.25) is 4.79 Å². The Balaban J connectivity index is 1.96. The average molecular weight is 354 g/mol. The predicted molar refractivity (Wildman–Crippen MR) is 81.5 cm³/mol. The van der Waals surface area contributed by atoms with Gasteiger partial charge in [-0.15, -0.1) is 0 Å². The van der Waals surface area contributed by atoms with Crippen LogP contribution in [0, 0.1) is 0 Å². The molecule has 1 atom stereocenters. The molecule has 0 aliphatic carbocycles. The highest BCUT2D eigenvalue weighted by Gasteiger charge is 2.28. The topological polar surface area (TPSA) is 55.8 Å². The molecule has 6 heteroatoms. The summed E-state index contributed by atoms with van der Waals surface area (Å²) in [5, 5.41) is 0. The number of benzene rings is 1. The molecule has 1 aromatic rings. The third kappa shape index (κ3) is 4.41. The highest BCUT2D eigenvalue weighted by atomic mass is 79.9. The number of hydrogen-bond acceptors (Lipinski definition) is 4. The van der Waals surface area contributed by atoms with E-state index in [0.717, 1.165) is 10.0 Å². The van der Waals surface area contributed by atoms with Crippen LogP contribution >= 0.6 is 15.9 Å². The van der Waals surface area contributed by atoms with Gasteiger partial charge in [0.2, 0.25) is 5.91 Å². The highest BCUT2D eigenvalue weighted by Crippen LogP contribution is 2.12. The predicted octanol–water partition coefficient (Wildman–Crippen LogP) is 1.86. The number of amides is 1. The summed E-state index contributed by atoms with van der Waals surface area (Å²) < 4.78 is 10.9. The Morgan fingerprint density at radius 2 is 2.10 bits per heavy atom. The van der Waals surface area contributed by atoms with Gasteiger partial charge < -0.3 is 14.4 Å². The lowest BCUT2D eigenvalue weighted by Gasteiger charge is -2.30. The van der Waals surface area contributed by atoms with Gasteiger partial charge in [0.05, 0.1) is 20.3 Å². The summed E-state index contributed by atoms with van der Waals surface area (Å²) in [5.41, 5.74) is 0.935. The van der Waals surface area contributed by atoms with E-state index in [1.54, 1.807) is 11.0 Å². The fraction of sp³-hybridized carbons (Fsp3) is 0.333. The van der Waals surface area contributed by atoms with Crippen molar-refractivity contribution in [1.82, 2.24) is 4.90 Å². The number of carbonyl (C=O) groups is 2. The Morgan fingerprint density at radius 1 is 1.38 bits per heavy atom. The summed E-state index contributed by atoms with van der Waals surface area (Å²) >= 11 is 3.36. The fourth-order valence-electron chi connectivity index (χ4n) is 1.97. The Kier molecular flexibility index (Phi) is 5.52. The number of esters is 1. The maximum atomic E-state index is 12.1. The van der Waals surface area contributed by atoms with E-state index in [-0.39, 0.29) is 12.5 Å². The zero-order valence-corrected chi connectivity index (χ0v) is 13.2. The van der Waals surface area contributed by atoms with Gasteiger partial charge in [-0.05, 0) is 23.8 Å². The van der Waals surface area contributed by atoms with Gasteiger partial charge in [0.15, 0.2) is 6.10 Å². The number of halogens is 1. The summed E-state index contributed by atoms with van der Waals surface area (Å²) in [6.07, 6.45) is 2.55. The minimum atomic E-state index is -0.700. The van der Waals surface area contributed by atoms with Gasteiger partial charge in [-0.2, -0.15) is 0 Å². The maximum Gasteiger partial charge on any atom is 0.336 e. The highest BCUT2D eigenvalue weighted by molar-refractivity contribution is 9.10. The first-order valence-corrected chi connectivity index (χ1v) is 7.31. The van der Waals surface area contributed by atoms with Crippen molar-refractivity contribution in [3.05, 3.63) is 40.4 Å². The largest absolute Gasteiger partial charge is 0.467 e. The van der Waals surface area contributed by atoms with E-state index in [4.69, 9.17) is 4.74 Å². The first-order valence-electron chi connectivity index (χ1n) is 6.52. The molecule has 1 heterocycles. The quantitative estimate of drug-likeness (QED) is 0.614. The van der Waals surface area contributed by atoms with Crippen LogP contribution in [-0.2, 0) is 19.1 Å². The monoisotopic (exact) mass is 353 g/mol. The molecule has 1 unspecified atom stereocenters. The molecular weight excluding hydrogens is 338 g/mol. The molecule has 2 rings (SSSR count). The van der Waals surface area contributed by atoms with Crippen molar-refractivity contribution >= 4 is 33.9 Å². The summed E-state index contributed by atoms with van der Waals surface area (Å²) in [6.45, 7) is 1.02. The molecule has 1 fully saturated rings. The van der Waals surface area contributed by atoms with E-state index in [1.807, 2.05) is 24.3 Å². The molecule has 21 heavy (non-hydrogen) atoms. The SMILES string of the molecule is COC(=O)C1CN(C(=O)/C=C/c2ccc(Br)cc2)CCO1. The first kappa shape index (κ1) is 15.7. The summed E-state index contributed by atoms with van der Waals surface area (Å²) in [5.74, 6) is -0.598. The van der Waals surface area contributed by atoms with Gasteiger partial charge in [0.25, 0.3) is 0 Å². The van der Waals surface area contributed by atoms with Crippen molar-refractivity contribution in [3.8, 4) is 0 Å². The Bertz CT molecular complexity index is 541. The minimum absolute atomic E-state index is 0.143. The van der Waals surface area contributed by atoms with Gasteiger partial charge >= 0.3 is 5.97 Å². The van der Waals surface area contributed by atoms with Crippen molar-refractivity contribution < 1.29 is 19.1 Å². The number of methoxy groups -OCH3 is 1. The maximum absolute atomic E-state index is 12.1. The Hall–Kier alpha value is -1.66. The summed E-state index contributed by atoms with van der Waals surface area (Å²) in [7, 11) is 1.31. The molecule has 0 spiro atoms. The summed E-state index contributed by atoms with van der Waals surface area (Å²) in [6, 6.07) is 7.63. The van der Waals surface area contributed by atoms with Crippen molar-refractivity contribution in [2.45, 2.75) is 6.10 Å². The average Bonchev–Trinajstić information content (AvgIpc) is 2.53. The molecule has 0 radical (unpaired) electrons. The van der Waals surface area contributed by atoms with Gasteiger partial charge in [-0.1, -0.05) is 28.1 Å².